The number of amides is 1. The Balaban J connectivity index is 1.86. The van der Waals surface area contributed by atoms with Gasteiger partial charge in [0, 0.05) is 13.1 Å². The number of nitrogens with zero attached hydrogens (tertiary/aromatic N) is 2. The van der Waals surface area contributed by atoms with E-state index in [0.717, 1.165) is 0 Å². The molecule has 5 heteroatoms. The SMILES string of the molecule is Nc1cn[nH]c1C(=O)N1Cc2ccccc2C1. The molecule has 0 atom stereocenters. The van der Waals surface area contributed by atoms with Crippen molar-refractivity contribution in [2.75, 3.05) is 5.73 Å². The highest BCUT2D eigenvalue weighted by molar-refractivity contribution is 5.97. The van der Waals surface area contributed by atoms with Gasteiger partial charge in [-0.1, -0.05) is 24.3 Å². The van der Waals surface area contributed by atoms with Crippen molar-refractivity contribution in [1.82, 2.24) is 15.1 Å². The Kier molecular flexibility index (Phi) is 2.11. The standard InChI is InChI=1S/C12H12N4O/c13-10-5-14-15-11(10)12(17)16-6-8-3-1-2-4-9(8)7-16/h1-5H,6-7,13H2,(H,14,15). The molecule has 0 bridgehead atoms. The lowest BCUT2D eigenvalue weighted by atomic mass is 10.1. The van der Waals surface area contributed by atoms with Crippen LogP contribution in [0.4, 0.5) is 5.69 Å². The molecule has 17 heavy (non-hydrogen) atoms. The third kappa shape index (κ3) is 1.56. The van der Waals surface area contributed by atoms with Crippen molar-refractivity contribution >= 4 is 11.6 Å². The number of rotatable bonds is 1. The van der Waals surface area contributed by atoms with E-state index in [1.54, 1.807) is 4.90 Å². The smallest absolute Gasteiger partial charge is 0.274 e. The van der Waals surface area contributed by atoms with Crippen molar-refractivity contribution in [1.29, 1.82) is 0 Å². The molecule has 1 aromatic carbocycles. The minimum atomic E-state index is -0.101. The normalized spacial score (nSPS) is 13.8. The molecule has 1 aliphatic heterocycles. The molecule has 3 N–H and O–H groups in total. The molecule has 0 saturated heterocycles. The van der Waals surface area contributed by atoms with E-state index < -0.39 is 0 Å². The minimum Gasteiger partial charge on any atom is -0.396 e. The zero-order chi connectivity index (χ0) is 11.8. The highest BCUT2D eigenvalue weighted by Crippen LogP contribution is 2.24. The summed E-state index contributed by atoms with van der Waals surface area (Å²) in [5.74, 6) is -0.101. The second-order valence-electron chi connectivity index (χ2n) is 4.13. The number of nitrogens with two attached hydrogens (primary N) is 1. The van der Waals surface area contributed by atoms with Gasteiger partial charge in [-0.2, -0.15) is 5.10 Å². The summed E-state index contributed by atoms with van der Waals surface area (Å²) in [6.07, 6.45) is 1.45. The number of hydrogen-bond acceptors (Lipinski definition) is 3. The van der Waals surface area contributed by atoms with E-state index in [-0.39, 0.29) is 5.91 Å². The van der Waals surface area contributed by atoms with E-state index in [1.807, 2.05) is 24.3 Å². The van der Waals surface area contributed by atoms with Crippen LogP contribution in [0.25, 0.3) is 0 Å². The van der Waals surface area contributed by atoms with Gasteiger partial charge in [0.2, 0.25) is 0 Å². The number of H-pyrrole nitrogens is 1. The summed E-state index contributed by atoms with van der Waals surface area (Å²) in [6.45, 7) is 1.26. The van der Waals surface area contributed by atoms with Crippen LogP contribution >= 0.6 is 0 Å². The van der Waals surface area contributed by atoms with Crippen LogP contribution in [0.15, 0.2) is 30.5 Å². The molecule has 1 amide bonds. The molecular formula is C12H12N4O. The van der Waals surface area contributed by atoms with E-state index in [4.69, 9.17) is 5.73 Å². The number of hydrogen-bond donors (Lipinski definition) is 2. The van der Waals surface area contributed by atoms with Gasteiger partial charge in [-0.3, -0.25) is 9.89 Å². The fraction of sp³-hybridized carbons (Fsp3) is 0.167. The molecule has 1 aromatic heterocycles. The average molecular weight is 228 g/mol. The van der Waals surface area contributed by atoms with Gasteiger partial charge < -0.3 is 10.6 Å². The number of benzene rings is 1. The first kappa shape index (κ1) is 9.89. The first-order chi connectivity index (χ1) is 8.25. The lowest BCUT2D eigenvalue weighted by Crippen LogP contribution is -2.26. The second kappa shape index (κ2) is 3.62. The molecule has 0 aliphatic carbocycles. The van der Waals surface area contributed by atoms with Crippen molar-refractivity contribution in [2.24, 2.45) is 0 Å². The Morgan fingerprint density at radius 1 is 1.29 bits per heavy atom. The molecule has 3 rings (SSSR count). The van der Waals surface area contributed by atoms with E-state index in [0.29, 0.717) is 24.5 Å². The lowest BCUT2D eigenvalue weighted by molar-refractivity contribution is 0.0746. The number of anilines is 1. The van der Waals surface area contributed by atoms with Crippen LogP contribution < -0.4 is 5.73 Å². The van der Waals surface area contributed by atoms with Crippen LogP contribution in [-0.4, -0.2) is 21.0 Å². The summed E-state index contributed by atoms with van der Waals surface area (Å²) in [5.41, 5.74) is 8.83. The Bertz CT molecular complexity index is 550. The predicted octanol–water partition coefficient (Wildman–Crippen LogP) is 1.15. The molecule has 0 saturated carbocycles. The number of aromatic nitrogens is 2. The third-order valence-electron chi connectivity index (χ3n) is 3.01. The summed E-state index contributed by atoms with van der Waals surface area (Å²) >= 11 is 0. The zero-order valence-corrected chi connectivity index (χ0v) is 9.18. The summed E-state index contributed by atoms with van der Waals surface area (Å²) in [6, 6.07) is 8.05. The quantitative estimate of drug-likeness (QED) is 0.768. The molecule has 5 nitrogen and oxygen atoms in total. The van der Waals surface area contributed by atoms with Crippen LogP contribution in [0.5, 0.6) is 0 Å². The minimum absolute atomic E-state index is 0.101. The van der Waals surface area contributed by atoms with Crippen LogP contribution in [0.3, 0.4) is 0 Å². The summed E-state index contributed by atoms with van der Waals surface area (Å²) in [4.78, 5) is 13.9. The fourth-order valence-electron chi connectivity index (χ4n) is 2.10. The molecule has 2 aromatic rings. The molecular weight excluding hydrogens is 216 g/mol. The van der Waals surface area contributed by atoms with E-state index in [2.05, 4.69) is 10.2 Å². The first-order valence-electron chi connectivity index (χ1n) is 5.40. The Morgan fingerprint density at radius 3 is 2.47 bits per heavy atom. The Morgan fingerprint density at radius 2 is 1.94 bits per heavy atom. The lowest BCUT2D eigenvalue weighted by Gasteiger charge is -2.14. The molecule has 0 radical (unpaired) electrons. The summed E-state index contributed by atoms with van der Waals surface area (Å²) in [7, 11) is 0. The van der Waals surface area contributed by atoms with Gasteiger partial charge in [0.25, 0.3) is 5.91 Å². The average Bonchev–Trinajstić information content (AvgIpc) is 2.93. The molecule has 0 unspecified atom stereocenters. The fourth-order valence-corrected chi connectivity index (χ4v) is 2.10. The Labute approximate surface area is 98.2 Å². The number of aromatic amines is 1. The summed E-state index contributed by atoms with van der Waals surface area (Å²) in [5, 5.41) is 6.41. The first-order valence-corrected chi connectivity index (χ1v) is 5.40. The Hall–Kier alpha value is -2.30. The number of nitrogen functional groups attached to an aromatic ring is 1. The monoisotopic (exact) mass is 228 g/mol. The van der Waals surface area contributed by atoms with Crippen LogP contribution in [-0.2, 0) is 13.1 Å². The highest BCUT2D eigenvalue weighted by atomic mass is 16.2. The van der Waals surface area contributed by atoms with E-state index in [1.165, 1.54) is 17.3 Å². The van der Waals surface area contributed by atoms with Gasteiger partial charge >= 0.3 is 0 Å². The predicted molar refractivity (Wildman–Crippen MR) is 63.0 cm³/mol. The zero-order valence-electron chi connectivity index (χ0n) is 9.18. The number of carbonyl (C=O) groups excluding carboxylic acids is 1. The maximum Gasteiger partial charge on any atom is 0.274 e. The largest absolute Gasteiger partial charge is 0.396 e. The van der Waals surface area contributed by atoms with Gasteiger partial charge in [0.1, 0.15) is 5.69 Å². The number of carbonyl (C=O) groups is 1. The second-order valence-corrected chi connectivity index (χ2v) is 4.13. The number of nitrogens with one attached hydrogen (secondary N) is 1. The number of fused-ring (bicyclic) bond motifs is 1. The maximum atomic E-state index is 12.2. The van der Waals surface area contributed by atoms with Gasteiger partial charge in [-0.05, 0) is 11.1 Å². The molecule has 0 fully saturated rings. The van der Waals surface area contributed by atoms with Crippen molar-refractivity contribution in [3.8, 4) is 0 Å². The highest BCUT2D eigenvalue weighted by Gasteiger charge is 2.25. The van der Waals surface area contributed by atoms with Crippen LogP contribution in [0.2, 0.25) is 0 Å². The van der Waals surface area contributed by atoms with Crippen LogP contribution in [0.1, 0.15) is 21.6 Å². The van der Waals surface area contributed by atoms with Crippen molar-refractivity contribution < 1.29 is 4.79 Å². The summed E-state index contributed by atoms with van der Waals surface area (Å²) < 4.78 is 0. The molecule has 1 aliphatic rings. The van der Waals surface area contributed by atoms with Crippen LogP contribution in [0, 0.1) is 0 Å². The maximum absolute atomic E-state index is 12.2. The van der Waals surface area contributed by atoms with Crippen molar-refractivity contribution in [3.63, 3.8) is 0 Å². The van der Waals surface area contributed by atoms with Crippen molar-refractivity contribution in [3.05, 3.63) is 47.3 Å². The van der Waals surface area contributed by atoms with E-state index >= 15 is 0 Å². The molecule has 86 valence electrons. The topological polar surface area (TPSA) is 75.0 Å². The third-order valence-corrected chi connectivity index (χ3v) is 3.01. The van der Waals surface area contributed by atoms with E-state index in [9.17, 15) is 4.79 Å². The van der Waals surface area contributed by atoms with Gasteiger partial charge in [-0.25, -0.2) is 0 Å². The van der Waals surface area contributed by atoms with Crippen molar-refractivity contribution in [2.45, 2.75) is 13.1 Å². The van der Waals surface area contributed by atoms with Gasteiger partial charge in [0.15, 0.2) is 0 Å². The van der Waals surface area contributed by atoms with Gasteiger partial charge in [-0.15, -0.1) is 0 Å². The van der Waals surface area contributed by atoms with Gasteiger partial charge in [0.05, 0.1) is 11.9 Å². The molecule has 0 spiro atoms. The molecule has 2 heterocycles.